The Bertz CT molecular complexity index is 592. The van der Waals surface area contributed by atoms with Crippen molar-refractivity contribution in [2.24, 2.45) is 0 Å². The maximum atomic E-state index is 12.8. The van der Waals surface area contributed by atoms with Gasteiger partial charge < -0.3 is 4.90 Å². The number of fused-ring (bicyclic) bond motifs is 3. The molecule has 2 aliphatic heterocycles. The summed E-state index contributed by atoms with van der Waals surface area (Å²) in [7, 11) is 0. The van der Waals surface area contributed by atoms with Gasteiger partial charge in [0.1, 0.15) is 0 Å². The van der Waals surface area contributed by atoms with Crippen molar-refractivity contribution >= 4 is 53.9 Å². The molecule has 2 saturated heterocycles. The van der Waals surface area contributed by atoms with E-state index in [2.05, 4.69) is 38.3 Å². The van der Waals surface area contributed by atoms with Crippen LogP contribution in [-0.4, -0.2) is 27.7 Å². The van der Waals surface area contributed by atoms with Gasteiger partial charge in [-0.3, -0.25) is 4.79 Å². The first-order chi connectivity index (χ1) is 9.22. The third-order valence-electron chi connectivity index (χ3n) is 4.26. The second-order valence-electron chi connectivity index (χ2n) is 5.43. The van der Waals surface area contributed by atoms with E-state index in [0.717, 1.165) is 17.7 Å². The number of carbonyl (C=O) groups is 1. The molecule has 2 nitrogen and oxygen atoms in total. The van der Waals surface area contributed by atoms with Gasteiger partial charge in [-0.05, 0) is 43.2 Å². The standard InChI is InChI=1S/C14H14BrNOS2/c15-8-5-9-1-2-10(6-8)16(9)14(17)13-7-12-11(19-13)3-4-18-12/h3-4,7-10H,1-2,5-6H2. The zero-order valence-electron chi connectivity index (χ0n) is 10.3. The molecule has 19 heavy (non-hydrogen) atoms. The highest BCUT2D eigenvalue weighted by Gasteiger charge is 2.43. The Labute approximate surface area is 128 Å². The molecule has 0 spiro atoms. The molecule has 4 rings (SSSR count). The summed E-state index contributed by atoms with van der Waals surface area (Å²) in [5, 5.41) is 2.09. The zero-order valence-corrected chi connectivity index (χ0v) is 13.6. The molecule has 0 aromatic carbocycles. The maximum absolute atomic E-state index is 12.8. The Kier molecular flexibility index (Phi) is 2.97. The van der Waals surface area contributed by atoms with Crippen LogP contribution in [0.15, 0.2) is 17.5 Å². The summed E-state index contributed by atoms with van der Waals surface area (Å²) in [6.07, 6.45) is 4.58. The van der Waals surface area contributed by atoms with Crippen molar-refractivity contribution in [3.63, 3.8) is 0 Å². The van der Waals surface area contributed by atoms with E-state index in [9.17, 15) is 4.79 Å². The van der Waals surface area contributed by atoms with Crippen molar-refractivity contribution in [1.82, 2.24) is 4.90 Å². The molecule has 2 atom stereocenters. The van der Waals surface area contributed by atoms with E-state index >= 15 is 0 Å². The van der Waals surface area contributed by atoms with E-state index in [1.165, 1.54) is 22.2 Å². The first-order valence-corrected chi connectivity index (χ1v) is 9.27. The van der Waals surface area contributed by atoms with E-state index in [1.807, 2.05) is 0 Å². The smallest absolute Gasteiger partial charge is 0.264 e. The van der Waals surface area contributed by atoms with Crippen LogP contribution in [0.1, 0.15) is 35.4 Å². The van der Waals surface area contributed by atoms with Gasteiger partial charge in [0.15, 0.2) is 0 Å². The Morgan fingerprint density at radius 1 is 1.26 bits per heavy atom. The summed E-state index contributed by atoms with van der Waals surface area (Å²) in [6, 6.07) is 5.10. The van der Waals surface area contributed by atoms with Crippen molar-refractivity contribution in [3.05, 3.63) is 22.4 Å². The Hall–Kier alpha value is -0.390. The van der Waals surface area contributed by atoms with Crippen LogP contribution in [0.3, 0.4) is 0 Å². The quantitative estimate of drug-likeness (QED) is 0.690. The summed E-state index contributed by atoms with van der Waals surface area (Å²) >= 11 is 7.10. The van der Waals surface area contributed by atoms with Crippen LogP contribution in [0.4, 0.5) is 0 Å². The minimum absolute atomic E-state index is 0.264. The molecule has 2 aromatic heterocycles. The average Bonchev–Trinajstić information content (AvgIpc) is 3.00. The summed E-state index contributed by atoms with van der Waals surface area (Å²) in [6.45, 7) is 0. The lowest BCUT2D eigenvalue weighted by Gasteiger charge is -2.36. The summed E-state index contributed by atoms with van der Waals surface area (Å²) in [5.41, 5.74) is 0. The summed E-state index contributed by atoms with van der Waals surface area (Å²) in [4.78, 5) is 16.5. The zero-order chi connectivity index (χ0) is 13.0. The Morgan fingerprint density at radius 2 is 2.00 bits per heavy atom. The molecule has 2 unspecified atom stereocenters. The van der Waals surface area contributed by atoms with Crippen LogP contribution in [-0.2, 0) is 0 Å². The molecule has 2 bridgehead atoms. The first-order valence-electron chi connectivity index (χ1n) is 6.66. The molecule has 0 aliphatic carbocycles. The highest BCUT2D eigenvalue weighted by atomic mass is 79.9. The topological polar surface area (TPSA) is 20.3 Å². The number of hydrogen-bond donors (Lipinski definition) is 0. The Morgan fingerprint density at radius 3 is 2.68 bits per heavy atom. The molecule has 100 valence electrons. The third kappa shape index (κ3) is 1.98. The lowest BCUT2D eigenvalue weighted by molar-refractivity contribution is 0.0609. The van der Waals surface area contributed by atoms with Crippen molar-refractivity contribution in [1.29, 1.82) is 0 Å². The number of thiophene rings is 2. The van der Waals surface area contributed by atoms with Crippen molar-refractivity contribution in [2.45, 2.75) is 42.6 Å². The number of alkyl halides is 1. The molecule has 4 heterocycles. The number of carbonyl (C=O) groups excluding carboxylic acids is 1. The normalized spacial score (nSPS) is 30.2. The molecule has 0 saturated carbocycles. The highest BCUT2D eigenvalue weighted by Crippen LogP contribution is 2.40. The van der Waals surface area contributed by atoms with Gasteiger partial charge in [0.05, 0.1) is 4.88 Å². The second kappa shape index (κ2) is 4.57. The first kappa shape index (κ1) is 12.4. The van der Waals surface area contributed by atoms with E-state index in [-0.39, 0.29) is 5.91 Å². The number of nitrogens with zero attached hydrogens (tertiary/aromatic N) is 1. The van der Waals surface area contributed by atoms with Crippen molar-refractivity contribution in [2.75, 3.05) is 0 Å². The van der Waals surface area contributed by atoms with Gasteiger partial charge in [-0.25, -0.2) is 0 Å². The molecule has 5 heteroatoms. The molecule has 2 fully saturated rings. The number of halogens is 1. The number of amides is 1. The predicted molar refractivity (Wildman–Crippen MR) is 84.6 cm³/mol. The Balaban J connectivity index is 1.65. The van der Waals surface area contributed by atoms with E-state index in [0.29, 0.717) is 16.9 Å². The average molecular weight is 356 g/mol. The lowest BCUT2D eigenvalue weighted by atomic mass is 10.0. The fourth-order valence-electron chi connectivity index (χ4n) is 3.44. The van der Waals surface area contributed by atoms with Gasteiger partial charge in [-0.15, -0.1) is 22.7 Å². The van der Waals surface area contributed by atoms with Crippen LogP contribution >= 0.6 is 38.6 Å². The maximum Gasteiger partial charge on any atom is 0.264 e. The molecular formula is C14H14BrNOS2. The minimum Gasteiger partial charge on any atom is -0.332 e. The van der Waals surface area contributed by atoms with Crippen molar-refractivity contribution < 1.29 is 4.79 Å². The number of rotatable bonds is 1. The molecule has 1 amide bonds. The molecule has 2 aliphatic rings. The monoisotopic (exact) mass is 355 g/mol. The highest BCUT2D eigenvalue weighted by molar-refractivity contribution is 9.09. The van der Waals surface area contributed by atoms with Crippen LogP contribution in [0, 0.1) is 0 Å². The molecule has 2 aromatic rings. The van der Waals surface area contributed by atoms with Crippen LogP contribution in [0.5, 0.6) is 0 Å². The van der Waals surface area contributed by atoms with Gasteiger partial charge >= 0.3 is 0 Å². The van der Waals surface area contributed by atoms with Crippen LogP contribution < -0.4 is 0 Å². The number of piperidine rings is 1. The van der Waals surface area contributed by atoms with E-state index < -0.39 is 0 Å². The van der Waals surface area contributed by atoms with Gasteiger partial charge in [0.2, 0.25) is 0 Å². The van der Waals surface area contributed by atoms with Gasteiger partial charge in [0.25, 0.3) is 5.91 Å². The molecule has 0 N–H and O–H groups in total. The van der Waals surface area contributed by atoms with Gasteiger partial charge in [-0.2, -0.15) is 0 Å². The molecular weight excluding hydrogens is 342 g/mol. The second-order valence-corrected chi connectivity index (χ2v) is 8.75. The minimum atomic E-state index is 0.264. The largest absolute Gasteiger partial charge is 0.332 e. The fourth-order valence-corrected chi connectivity index (χ4v) is 6.36. The van der Waals surface area contributed by atoms with Crippen LogP contribution in [0.25, 0.3) is 9.40 Å². The number of hydrogen-bond acceptors (Lipinski definition) is 3. The third-order valence-corrected chi connectivity index (χ3v) is 7.09. The van der Waals surface area contributed by atoms with Crippen LogP contribution in [0.2, 0.25) is 0 Å². The predicted octanol–water partition coefficient (Wildman–Crippen LogP) is 4.49. The van der Waals surface area contributed by atoms with Crippen molar-refractivity contribution in [3.8, 4) is 0 Å². The van der Waals surface area contributed by atoms with E-state index in [1.54, 1.807) is 22.7 Å². The van der Waals surface area contributed by atoms with Gasteiger partial charge in [0, 0.05) is 26.3 Å². The lowest BCUT2D eigenvalue weighted by Crippen LogP contribution is -2.46. The summed E-state index contributed by atoms with van der Waals surface area (Å²) in [5.74, 6) is 0.264. The SMILES string of the molecule is O=C(c1cc2sccc2s1)N1C2CCC1CC(Br)C2. The van der Waals surface area contributed by atoms with Gasteiger partial charge in [-0.1, -0.05) is 15.9 Å². The van der Waals surface area contributed by atoms with E-state index in [4.69, 9.17) is 0 Å². The fraction of sp³-hybridized carbons (Fsp3) is 0.500. The molecule has 0 radical (unpaired) electrons. The summed E-state index contributed by atoms with van der Waals surface area (Å²) < 4.78 is 2.49.